The molecule has 3 nitrogen and oxygen atoms in total. The number of fused-ring (bicyclic) bond motifs is 1. The number of hydrogen-bond acceptors (Lipinski definition) is 2. The fraction of sp³-hybridized carbons (Fsp3) is 0.211. The predicted molar refractivity (Wildman–Crippen MR) is 87.9 cm³/mol. The van der Waals surface area contributed by atoms with Gasteiger partial charge in [-0.3, -0.25) is 0 Å². The summed E-state index contributed by atoms with van der Waals surface area (Å²) in [6.45, 7) is 2.45. The number of aromatic nitrogens is 1. The highest BCUT2D eigenvalue weighted by atomic mass is 16.5. The van der Waals surface area contributed by atoms with E-state index in [0.29, 0.717) is 5.69 Å². The number of H-pyrrole nitrogens is 1. The Kier molecular flexibility index (Phi) is 4.24. The van der Waals surface area contributed by atoms with Crippen LogP contribution < -0.4 is 0 Å². The molecule has 0 amide bonds. The molecule has 0 aliphatic carbocycles. The zero-order valence-electron chi connectivity index (χ0n) is 12.6. The number of carbonyl (C=O) groups is 1. The molecule has 3 rings (SSSR count). The average molecular weight is 293 g/mol. The molecule has 2 aromatic carbocycles. The number of esters is 1. The highest BCUT2D eigenvalue weighted by Crippen LogP contribution is 2.19. The Labute approximate surface area is 129 Å². The van der Waals surface area contributed by atoms with Crippen molar-refractivity contribution in [3.8, 4) is 0 Å². The van der Waals surface area contributed by atoms with Gasteiger partial charge in [-0.25, -0.2) is 4.79 Å². The van der Waals surface area contributed by atoms with Crippen LogP contribution in [0.3, 0.4) is 0 Å². The number of nitrogens with one attached hydrogen (secondary N) is 1. The second-order valence-electron chi connectivity index (χ2n) is 5.42. The van der Waals surface area contributed by atoms with E-state index in [1.165, 1.54) is 5.56 Å². The molecule has 0 aliphatic heterocycles. The molecule has 0 bridgehead atoms. The lowest BCUT2D eigenvalue weighted by Crippen LogP contribution is -2.05. The minimum atomic E-state index is -0.322. The van der Waals surface area contributed by atoms with Gasteiger partial charge in [0.1, 0.15) is 12.3 Å². The van der Waals surface area contributed by atoms with Crippen LogP contribution in [0.15, 0.2) is 54.6 Å². The lowest BCUT2D eigenvalue weighted by molar-refractivity contribution is 0.0467. The number of benzene rings is 2. The quantitative estimate of drug-likeness (QED) is 0.705. The van der Waals surface area contributed by atoms with E-state index < -0.39 is 0 Å². The van der Waals surface area contributed by atoms with Crippen molar-refractivity contribution in [2.24, 2.45) is 0 Å². The van der Waals surface area contributed by atoms with Gasteiger partial charge in [-0.1, -0.05) is 49.7 Å². The van der Waals surface area contributed by atoms with Gasteiger partial charge >= 0.3 is 5.97 Å². The number of aryl methyl sites for hydroxylation is 1. The van der Waals surface area contributed by atoms with Crippen molar-refractivity contribution in [1.82, 2.24) is 4.98 Å². The minimum absolute atomic E-state index is 0.288. The summed E-state index contributed by atoms with van der Waals surface area (Å²) < 4.78 is 5.35. The van der Waals surface area contributed by atoms with Crippen LogP contribution >= 0.6 is 0 Å². The van der Waals surface area contributed by atoms with E-state index in [1.54, 1.807) is 0 Å². The zero-order chi connectivity index (χ0) is 15.4. The molecule has 1 heterocycles. The molecule has 1 N–H and O–H groups in total. The van der Waals surface area contributed by atoms with Crippen LogP contribution in [0.2, 0.25) is 0 Å². The molecule has 0 spiro atoms. The molecule has 3 heteroatoms. The molecule has 0 aliphatic rings. The van der Waals surface area contributed by atoms with Gasteiger partial charge in [0.2, 0.25) is 0 Å². The Hall–Kier alpha value is -2.55. The van der Waals surface area contributed by atoms with Crippen LogP contribution in [-0.4, -0.2) is 11.0 Å². The third-order valence-corrected chi connectivity index (χ3v) is 3.66. The van der Waals surface area contributed by atoms with Gasteiger partial charge in [-0.15, -0.1) is 0 Å². The van der Waals surface area contributed by atoms with Gasteiger partial charge in [-0.05, 0) is 35.7 Å². The first-order chi connectivity index (χ1) is 10.8. The molecule has 0 saturated heterocycles. The molecule has 22 heavy (non-hydrogen) atoms. The summed E-state index contributed by atoms with van der Waals surface area (Å²) in [7, 11) is 0. The molecule has 1 aromatic heterocycles. The summed E-state index contributed by atoms with van der Waals surface area (Å²) >= 11 is 0. The van der Waals surface area contributed by atoms with Gasteiger partial charge in [-0.2, -0.15) is 0 Å². The lowest BCUT2D eigenvalue weighted by Gasteiger charge is -2.02. The van der Waals surface area contributed by atoms with Crippen molar-refractivity contribution >= 4 is 16.9 Å². The number of carbonyl (C=O) groups excluding carboxylic acids is 1. The van der Waals surface area contributed by atoms with E-state index in [-0.39, 0.29) is 12.6 Å². The lowest BCUT2D eigenvalue weighted by atomic mass is 10.1. The Morgan fingerprint density at radius 1 is 1.05 bits per heavy atom. The van der Waals surface area contributed by atoms with Crippen LogP contribution in [0, 0.1) is 0 Å². The summed E-state index contributed by atoms with van der Waals surface area (Å²) in [6, 6.07) is 17.8. The SMILES string of the molecule is CCCc1ccc2[nH]c(C(=O)OCc3ccccc3)cc2c1. The van der Waals surface area contributed by atoms with Gasteiger partial charge in [0, 0.05) is 10.9 Å². The molecular formula is C19H19NO2. The summed E-state index contributed by atoms with van der Waals surface area (Å²) in [5.41, 5.74) is 3.74. The second-order valence-corrected chi connectivity index (χ2v) is 5.42. The van der Waals surface area contributed by atoms with Crippen molar-refractivity contribution in [2.45, 2.75) is 26.4 Å². The topological polar surface area (TPSA) is 42.1 Å². The minimum Gasteiger partial charge on any atom is -0.456 e. The molecular weight excluding hydrogens is 274 g/mol. The monoisotopic (exact) mass is 293 g/mol. The molecule has 0 saturated carbocycles. The Balaban J connectivity index is 1.73. The molecule has 112 valence electrons. The van der Waals surface area contributed by atoms with Crippen molar-refractivity contribution in [2.75, 3.05) is 0 Å². The van der Waals surface area contributed by atoms with Crippen molar-refractivity contribution < 1.29 is 9.53 Å². The molecule has 0 radical (unpaired) electrons. The molecule has 0 unspecified atom stereocenters. The molecule has 0 fully saturated rings. The number of ether oxygens (including phenoxy) is 1. The summed E-state index contributed by atoms with van der Waals surface area (Å²) in [4.78, 5) is 15.3. The Morgan fingerprint density at radius 3 is 2.64 bits per heavy atom. The third-order valence-electron chi connectivity index (χ3n) is 3.66. The predicted octanol–water partition coefficient (Wildman–Crippen LogP) is 4.48. The smallest absolute Gasteiger partial charge is 0.355 e. The van der Waals surface area contributed by atoms with Gasteiger partial charge in [0.05, 0.1) is 0 Å². The van der Waals surface area contributed by atoms with Crippen molar-refractivity contribution in [1.29, 1.82) is 0 Å². The second kappa shape index (κ2) is 6.48. The summed E-state index contributed by atoms with van der Waals surface area (Å²) in [6.07, 6.45) is 2.16. The van der Waals surface area contributed by atoms with Gasteiger partial charge in [0.25, 0.3) is 0 Å². The van der Waals surface area contributed by atoms with Crippen LogP contribution in [0.1, 0.15) is 35.0 Å². The highest BCUT2D eigenvalue weighted by molar-refractivity contribution is 5.94. The van der Waals surface area contributed by atoms with E-state index in [0.717, 1.165) is 29.3 Å². The Morgan fingerprint density at radius 2 is 1.86 bits per heavy atom. The standard InChI is InChI=1S/C19H19NO2/c1-2-6-14-9-10-17-16(11-14)12-18(20-17)19(21)22-13-15-7-4-3-5-8-15/h3-5,7-12,20H,2,6,13H2,1H3. The first-order valence-corrected chi connectivity index (χ1v) is 7.59. The van der Waals surface area contributed by atoms with E-state index in [2.05, 4.69) is 24.0 Å². The van der Waals surface area contributed by atoms with E-state index in [1.807, 2.05) is 42.5 Å². The first-order valence-electron chi connectivity index (χ1n) is 7.59. The van der Waals surface area contributed by atoms with E-state index in [9.17, 15) is 4.79 Å². The largest absolute Gasteiger partial charge is 0.456 e. The zero-order valence-corrected chi connectivity index (χ0v) is 12.6. The van der Waals surface area contributed by atoms with Crippen LogP contribution in [-0.2, 0) is 17.8 Å². The van der Waals surface area contributed by atoms with Crippen LogP contribution in [0.5, 0.6) is 0 Å². The Bertz CT molecular complexity index is 774. The summed E-state index contributed by atoms with van der Waals surface area (Å²) in [5.74, 6) is -0.322. The molecule has 0 atom stereocenters. The van der Waals surface area contributed by atoms with E-state index in [4.69, 9.17) is 4.74 Å². The third kappa shape index (κ3) is 3.19. The number of aromatic amines is 1. The number of rotatable bonds is 5. The maximum atomic E-state index is 12.1. The fourth-order valence-corrected chi connectivity index (χ4v) is 2.54. The average Bonchev–Trinajstić information content (AvgIpc) is 2.97. The number of hydrogen-bond donors (Lipinski definition) is 1. The van der Waals surface area contributed by atoms with Gasteiger partial charge < -0.3 is 9.72 Å². The van der Waals surface area contributed by atoms with Crippen molar-refractivity contribution in [3.05, 3.63) is 71.4 Å². The highest BCUT2D eigenvalue weighted by Gasteiger charge is 2.11. The van der Waals surface area contributed by atoms with Crippen LogP contribution in [0.25, 0.3) is 10.9 Å². The maximum absolute atomic E-state index is 12.1. The fourth-order valence-electron chi connectivity index (χ4n) is 2.54. The normalized spacial score (nSPS) is 10.8. The first kappa shape index (κ1) is 14.4. The van der Waals surface area contributed by atoms with Crippen LogP contribution in [0.4, 0.5) is 0 Å². The summed E-state index contributed by atoms with van der Waals surface area (Å²) in [5, 5.41) is 1.05. The van der Waals surface area contributed by atoms with E-state index >= 15 is 0 Å². The molecule has 3 aromatic rings. The van der Waals surface area contributed by atoms with Crippen molar-refractivity contribution in [3.63, 3.8) is 0 Å². The maximum Gasteiger partial charge on any atom is 0.355 e. The van der Waals surface area contributed by atoms with Gasteiger partial charge in [0.15, 0.2) is 0 Å².